The second kappa shape index (κ2) is 34.9. The Hall–Kier alpha value is -19.3. The quantitative estimate of drug-likeness (QED) is 0.113. The van der Waals surface area contributed by atoms with E-state index >= 15 is 0 Å². The number of hydrogen-bond donors (Lipinski definition) is 0. The van der Waals surface area contributed by atoms with Crippen LogP contribution in [-0.2, 0) is 0 Å². The largest absolute Gasteiger partial charge is 0.311 e. The first-order chi connectivity index (χ1) is 72.1. The van der Waals surface area contributed by atoms with Gasteiger partial charge in [0, 0.05) is 132 Å². The van der Waals surface area contributed by atoms with Crippen LogP contribution < -0.4 is 4.90 Å². The molecule has 6 aromatic heterocycles. The molecule has 0 saturated heterocycles. The van der Waals surface area contributed by atoms with Crippen LogP contribution in [0.4, 0.5) is 17.1 Å². The standard InChI is InChI=1S/C52H35N3.C46H30N2.C40H26N2/c1-4-16-38(17-5-1)53(39-18-6-2-7-19-39)41-32-28-36(29-33-41)37-30-34-42(35-31-37)55-47-26-14-12-24-45(47)49-43-22-10-11-23-44(43)51-50(52(49)55)46-25-13-15-27-48(46)54(51)40-20-8-3-9-21-40;1-4-16-31(17-5-1)33-28-34(32-18-6-2-7-19-32)30-36(29-33)48-41-26-14-12-24-39(41)43-37-22-10-11-23-38(37)45-44(46(43)48)40-25-13-15-27-42(40)47(45)35-20-8-3-9-21-35;1-3-14-27(15-4-1)28-16-13-19-30(26-28)42-35-24-11-9-22-33(35)37-31-20-7-8-21-32(31)39-38(40(37)42)34-23-10-12-25-36(34)41(39)29-17-5-2-6-18-29/h1-35H;1-30H;1-26H. The third-order valence-corrected chi connectivity index (χ3v) is 29.6. The van der Waals surface area contributed by atoms with E-state index < -0.39 is 0 Å². The lowest BCUT2D eigenvalue weighted by Gasteiger charge is -2.25. The van der Waals surface area contributed by atoms with E-state index in [0.717, 1.165) is 45.5 Å². The first-order valence-corrected chi connectivity index (χ1v) is 49.9. The molecule has 30 rings (SSSR count). The fraction of sp³-hybridized carbons (Fsp3) is 0. The summed E-state index contributed by atoms with van der Waals surface area (Å²) in [4.78, 5) is 2.30. The molecule has 0 unspecified atom stereocenters. The van der Waals surface area contributed by atoms with Crippen molar-refractivity contribution < 1.29 is 0 Å². The maximum atomic E-state index is 2.53. The summed E-state index contributed by atoms with van der Waals surface area (Å²) in [6.45, 7) is 0. The van der Waals surface area contributed by atoms with Crippen molar-refractivity contribution >= 4 is 180 Å². The van der Waals surface area contributed by atoms with Gasteiger partial charge in [-0.05, 0) is 212 Å². The molecule has 0 radical (unpaired) electrons. The molecule has 0 saturated carbocycles. The van der Waals surface area contributed by atoms with E-state index in [2.05, 4.69) is 584 Å². The highest BCUT2D eigenvalue weighted by Crippen LogP contribution is 2.53. The number of para-hydroxylation sites is 11. The van der Waals surface area contributed by atoms with Gasteiger partial charge in [-0.3, -0.25) is 0 Å². The van der Waals surface area contributed by atoms with Crippen molar-refractivity contribution in [1.82, 2.24) is 27.4 Å². The van der Waals surface area contributed by atoms with E-state index in [9.17, 15) is 0 Å². The van der Waals surface area contributed by atoms with E-state index in [4.69, 9.17) is 0 Å². The van der Waals surface area contributed by atoms with Crippen molar-refractivity contribution in [3.63, 3.8) is 0 Å². The van der Waals surface area contributed by atoms with Gasteiger partial charge in [0.25, 0.3) is 0 Å². The van der Waals surface area contributed by atoms with Crippen molar-refractivity contribution in [2.45, 2.75) is 0 Å². The SMILES string of the molecule is c1ccc(-c2cc(-c3ccccc3)cc(-n3c4ccccc4c4c5ccccc5c5c(c6ccccc6n5-c5ccccc5)c43)c2)cc1.c1ccc(-c2cccc(-n3c4ccccc4c4c5ccccc5c5c(c6ccccc6n5-c5ccccc5)c43)c2)cc1.c1ccc(N(c2ccccc2)c2ccc(-c3ccc(-n4c5ccccc5c5c6ccccc6c6c(c7ccccc7n6-c6ccccc6)c54)cc3)cc2)cc1. The topological polar surface area (TPSA) is 32.8 Å². The van der Waals surface area contributed by atoms with Gasteiger partial charge >= 0.3 is 0 Å². The minimum Gasteiger partial charge on any atom is -0.311 e. The molecule has 678 valence electrons. The number of hydrogen-bond acceptors (Lipinski definition) is 1. The molecule has 6 heterocycles. The predicted octanol–water partition coefficient (Wildman–Crippen LogP) is 37.2. The number of rotatable bonds is 13. The van der Waals surface area contributed by atoms with Crippen molar-refractivity contribution in [2.75, 3.05) is 4.90 Å². The van der Waals surface area contributed by atoms with E-state index in [0.29, 0.717) is 0 Å². The van der Waals surface area contributed by atoms with Crippen LogP contribution in [0.2, 0.25) is 0 Å². The highest BCUT2D eigenvalue weighted by Gasteiger charge is 2.30. The molecule has 0 atom stereocenters. The van der Waals surface area contributed by atoms with E-state index in [1.807, 2.05) is 0 Å². The molecule has 0 aliphatic heterocycles. The van der Waals surface area contributed by atoms with E-state index in [-0.39, 0.29) is 0 Å². The lowest BCUT2D eigenvalue weighted by atomic mass is 9.97. The van der Waals surface area contributed by atoms with Gasteiger partial charge in [0.1, 0.15) is 0 Å². The Kier molecular flexibility index (Phi) is 20.2. The number of nitrogens with zero attached hydrogens (tertiary/aromatic N) is 7. The Morgan fingerprint density at radius 2 is 0.317 bits per heavy atom. The summed E-state index contributed by atoms with van der Waals surface area (Å²) in [6.07, 6.45) is 0. The maximum absolute atomic E-state index is 2.53. The summed E-state index contributed by atoms with van der Waals surface area (Å²) < 4.78 is 14.9. The summed E-state index contributed by atoms with van der Waals surface area (Å²) in [5.74, 6) is 0. The second-order valence-electron chi connectivity index (χ2n) is 37.6. The zero-order valence-corrected chi connectivity index (χ0v) is 79.2. The molecule has 7 heteroatoms. The third-order valence-electron chi connectivity index (χ3n) is 29.6. The summed E-state index contributed by atoms with van der Waals surface area (Å²) in [7, 11) is 0. The maximum Gasteiger partial charge on any atom is 0.0647 e. The highest BCUT2D eigenvalue weighted by atomic mass is 15.1. The Morgan fingerprint density at radius 1 is 0.110 bits per heavy atom. The molecule has 0 bridgehead atoms. The normalized spacial score (nSPS) is 11.7. The summed E-state index contributed by atoms with van der Waals surface area (Å²) in [6, 6.07) is 200. The fourth-order valence-corrected chi connectivity index (χ4v) is 23.5. The molecular formula is C138H91N7. The summed E-state index contributed by atoms with van der Waals surface area (Å²) >= 11 is 0. The highest BCUT2D eigenvalue weighted by molar-refractivity contribution is 6.40. The molecule has 0 spiro atoms. The molecule has 0 N–H and O–H groups in total. The van der Waals surface area contributed by atoms with Crippen LogP contribution in [0.15, 0.2) is 552 Å². The number of aromatic nitrogens is 6. The first kappa shape index (κ1) is 83.8. The van der Waals surface area contributed by atoms with Gasteiger partial charge in [-0.25, -0.2) is 0 Å². The van der Waals surface area contributed by atoms with Crippen LogP contribution in [-0.4, -0.2) is 27.4 Å². The lowest BCUT2D eigenvalue weighted by Crippen LogP contribution is -2.09. The first-order valence-electron chi connectivity index (χ1n) is 49.9. The number of anilines is 3. The fourth-order valence-electron chi connectivity index (χ4n) is 23.5. The van der Waals surface area contributed by atoms with Crippen LogP contribution in [0, 0.1) is 0 Å². The zero-order valence-electron chi connectivity index (χ0n) is 79.2. The third kappa shape index (κ3) is 13.7. The molecular weight excluding hydrogens is 1760 g/mol. The Bertz CT molecular complexity index is 10200. The van der Waals surface area contributed by atoms with Crippen molar-refractivity contribution in [2.24, 2.45) is 0 Å². The van der Waals surface area contributed by atoms with Crippen molar-refractivity contribution in [3.05, 3.63) is 552 Å². The molecule has 24 aromatic carbocycles. The van der Waals surface area contributed by atoms with Gasteiger partial charge in [0.05, 0.1) is 66.2 Å². The average molecular weight is 1850 g/mol. The van der Waals surface area contributed by atoms with Crippen molar-refractivity contribution in [1.29, 1.82) is 0 Å². The number of fused-ring (bicyclic) bond motifs is 30. The van der Waals surface area contributed by atoms with Gasteiger partial charge in [0.15, 0.2) is 0 Å². The smallest absolute Gasteiger partial charge is 0.0647 e. The Morgan fingerprint density at radius 3 is 0.648 bits per heavy atom. The van der Waals surface area contributed by atoms with Crippen LogP contribution in [0.3, 0.4) is 0 Å². The Labute approximate surface area is 837 Å². The summed E-state index contributed by atoms with van der Waals surface area (Å²) in [5, 5.41) is 22.8. The zero-order chi connectivity index (χ0) is 95.5. The minimum absolute atomic E-state index is 1.12. The molecule has 145 heavy (non-hydrogen) atoms. The van der Waals surface area contributed by atoms with Crippen LogP contribution in [0.1, 0.15) is 0 Å². The molecule has 7 nitrogen and oxygen atoms in total. The van der Waals surface area contributed by atoms with Crippen LogP contribution in [0.25, 0.3) is 242 Å². The predicted molar refractivity (Wildman–Crippen MR) is 614 cm³/mol. The summed E-state index contributed by atoms with van der Waals surface area (Å²) in [5.41, 5.74) is 34.6. The van der Waals surface area contributed by atoms with Gasteiger partial charge in [0.2, 0.25) is 0 Å². The molecule has 0 amide bonds. The minimum atomic E-state index is 1.12. The second-order valence-corrected chi connectivity index (χ2v) is 37.6. The molecule has 0 aliphatic carbocycles. The van der Waals surface area contributed by atoms with E-state index in [1.165, 1.54) is 213 Å². The molecule has 0 aliphatic rings. The average Bonchev–Trinajstić information content (AvgIpc) is 1.51. The lowest BCUT2D eigenvalue weighted by molar-refractivity contribution is 1.18. The van der Waals surface area contributed by atoms with Gasteiger partial charge in [-0.15, -0.1) is 0 Å². The van der Waals surface area contributed by atoms with Gasteiger partial charge < -0.3 is 32.3 Å². The number of benzene rings is 24. The van der Waals surface area contributed by atoms with Crippen LogP contribution >= 0.6 is 0 Å². The van der Waals surface area contributed by atoms with Gasteiger partial charge in [-0.2, -0.15) is 0 Å². The molecule has 0 fully saturated rings. The van der Waals surface area contributed by atoms with Gasteiger partial charge in [-0.1, -0.05) is 400 Å². The van der Waals surface area contributed by atoms with E-state index in [1.54, 1.807) is 0 Å². The molecule has 30 aromatic rings. The monoisotopic (exact) mass is 1850 g/mol. The van der Waals surface area contributed by atoms with Crippen molar-refractivity contribution in [3.8, 4) is 78.6 Å². The Balaban J connectivity index is 0.000000106. The van der Waals surface area contributed by atoms with Crippen LogP contribution in [0.5, 0.6) is 0 Å².